The molecule has 2 fully saturated rings. The first kappa shape index (κ1) is 24.8. The van der Waals surface area contributed by atoms with Gasteiger partial charge in [0.05, 0.1) is 12.0 Å². The van der Waals surface area contributed by atoms with Crippen molar-refractivity contribution in [1.29, 1.82) is 0 Å². The Morgan fingerprint density at radius 2 is 1.98 bits per heavy atom. The molecule has 7 rings (SSSR count). The van der Waals surface area contributed by atoms with Crippen molar-refractivity contribution in [3.05, 3.63) is 84.1 Å². The first-order valence-electron chi connectivity index (χ1n) is 14.0. The zero-order valence-corrected chi connectivity index (χ0v) is 22.5. The van der Waals surface area contributed by atoms with Crippen LogP contribution in [0.1, 0.15) is 24.0 Å². The fourth-order valence-electron chi connectivity index (χ4n) is 6.20. The second-order valence-electron chi connectivity index (χ2n) is 10.9. The second-order valence-corrected chi connectivity index (χ2v) is 10.9. The summed E-state index contributed by atoms with van der Waals surface area (Å²) in [5, 5.41) is 6.28. The van der Waals surface area contributed by atoms with E-state index in [4.69, 9.17) is 9.72 Å². The highest BCUT2D eigenvalue weighted by atomic mass is 19.1. The van der Waals surface area contributed by atoms with Crippen LogP contribution in [0.5, 0.6) is 6.01 Å². The molecule has 8 heteroatoms. The number of pyridine rings is 2. The topological polar surface area (TPSA) is 76.1 Å². The lowest BCUT2D eigenvalue weighted by molar-refractivity contribution is 0.297. The summed E-state index contributed by atoms with van der Waals surface area (Å²) in [7, 11) is 0. The molecule has 2 unspecified atom stereocenters. The van der Waals surface area contributed by atoms with Crippen LogP contribution in [0.15, 0.2) is 67.1 Å². The van der Waals surface area contributed by atoms with Gasteiger partial charge in [-0.25, -0.2) is 4.39 Å². The monoisotopic (exact) mass is 534 g/mol. The third-order valence-electron chi connectivity index (χ3n) is 8.22. The molecule has 2 saturated heterocycles. The quantitative estimate of drug-likeness (QED) is 0.308. The van der Waals surface area contributed by atoms with Gasteiger partial charge in [0.2, 0.25) is 0 Å². The molecule has 5 heterocycles. The molecule has 2 aliphatic rings. The Morgan fingerprint density at radius 1 is 1.07 bits per heavy atom. The summed E-state index contributed by atoms with van der Waals surface area (Å²) in [5.41, 5.74) is 3.41. The van der Waals surface area contributed by atoms with Gasteiger partial charge in [-0.2, -0.15) is 9.97 Å². The summed E-state index contributed by atoms with van der Waals surface area (Å²) in [6, 6.07) is 16.5. The molecule has 7 nitrogen and oxygen atoms in total. The van der Waals surface area contributed by atoms with Crippen molar-refractivity contribution in [3.63, 3.8) is 0 Å². The van der Waals surface area contributed by atoms with Crippen LogP contribution in [0, 0.1) is 18.7 Å². The van der Waals surface area contributed by atoms with E-state index in [-0.39, 0.29) is 17.2 Å². The van der Waals surface area contributed by atoms with E-state index in [2.05, 4.69) is 25.2 Å². The van der Waals surface area contributed by atoms with Gasteiger partial charge in [-0.3, -0.25) is 9.97 Å². The normalized spacial score (nSPS) is 18.8. The fraction of sp³-hybridized carbons (Fsp3) is 0.312. The molecule has 2 aromatic carbocycles. The minimum Gasteiger partial charge on any atom is -0.463 e. The van der Waals surface area contributed by atoms with Crippen LogP contribution < -0.4 is 15.0 Å². The summed E-state index contributed by atoms with van der Waals surface area (Å²) >= 11 is 0. The van der Waals surface area contributed by atoms with Crippen LogP contribution in [0.3, 0.4) is 0 Å². The highest BCUT2D eigenvalue weighted by Crippen LogP contribution is 2.37. The number of nitrogens with zero attached hydrogens (tertiary/aromatic N) is 5. The molecule has 2 bridgehead atoms. The van der Waals surface area contributed by atoms with E-state index in [1.807, 2.05) is 61.7 Å². The van der Waals surface area contributed by atoms with Crippen molar-refractivity contribution in [2.75, 3.05) is 31.1 Å². The van der Waals surface area contributed by atoms with Gasteiger partial charge in [-0.05, 0) is 60.2 Å². The van der Waals surface area contributed by atoms with E-state index in [0.717, 1.165) is 59.9 Å². The predicted octanol–water partition coefficient (Wildman–Crippen LogP) is 5.50. The van der Waals surface area contributed by atoms with Gasteiger partial charge >= 0.3 is 6.01 Å². The van der Waals surface area contributed by atoms with Gasteiger partial charge in [0.1, 0.15) is 17.0 Å². The number of fused-ring (bicyclic) bond motifs is 4. The van der Waals surface area contributed by atoms with Gasteiger partial charge in [-0.1, -0.05) is 42.5 Å². The van der Waals surface area contributed by atoms with Crippen LogP contribution in [-0.4, -0.2) is 52.2 Å². The number of nitrogens with one attached hydrogen (secondary N) is 1. The predicted molar refractivity (Wildman–Crippen MR) is 155 cm³/mol. The number of hydrogen-bond acceptors (Lipinski definition) is 7. The van der Waals surface area contributed by atoms with Gasteiger partial charge in [0.15, 0.2) is 5.82 Å². The Labute approximate surface area is 232 Å². The molecule has 3 aromatic heterocycles. The smallest absolute Gasteiger partial charge is 0.319 e. The molecule has 0 radical (unpaired) electrons. The number of aromatic nitrogens is 4. The van der Waals surface area contributed by atoms with E-state index >= 15 is 4.39 Å². The first-order valence-corrected chi connectivity index (χ1v) is 14.0. The Bertz CT molecular complexity index is 1690. The van der Waals surface area contributed by atoms with Crippen molar-refractivity contribution in [2.45, 2.75) is 32.2 Å². The number of anilines is 1. The van der Waals surface area contributed by atoms with Crippen LogP contribution in [0.4, 0.5) is 10.2 Å². The number of ether oxygens (including phenoxy) is 1. The highest BCUT2D eigenvalue weighted by Gasteiger charge is 2.31. The standard InChI is InChI=1S/C32H31FN6O/c1-20-5-2-7-23-8-3-9-25(27(20)23)29-28(33)30-26(18-36-29)31(39-13-10-22-15-24(19-39)35-17-22)38-32(37-30)40-14-11-21-6-4-12-34-16-21/h2-9,12,16,18,22,24,35H,10-11,13-15,17,19H2,1H3. The zero-order valence-electron chi connectivity index (χ0n) is 22.5. The summed E-state index contributed by atoms with van der Waals surface area (Å²) in [5.74, 6) is 0.889. The third-order valence-corrected chi connectivity index (χ3v) is 8.22. The maximum absolute atomic E-state index is 16.5. The second kappa shape index (κ2) is 10.4. The Balaban J connectivity index is 1.33. The van der Waals surface area contributed by atoms with E-state index in [1.54, 1.807) is 12.4 Å². The summed E-state index contributed by atoms with van der Waals surface area (Å²) in [4.78, 5) is 20.6. The molecule has 5 aromatic rings. The number of halogens is 1. The van der Waals surface area contributed by atoms with Gasteiger partial charge < -0.3 is 15.0 Å². The molecule has 2 atom stereocenters. The molecule has 0 spiro atoms. The fourth-order valence-corrected chi connectivity index (χ4v) is 6.20. The third kappa shape index (κ3) is 4.62. The molecular formula is C32H31FN6O. The molecule has 202 valence electrons. The van der Waals surface area contributed by atoms with E-state index in [1.165, 1.54) is 0 Å². The number of hydrogen-bond donors (Lipinski definition) is 1. The van der Waals surface area contributed by atoms with Gasteiger partial charge in [-0.15, -0.1) is 0 Å². The van der Waals surface area contributed by atoms with E-state index < -0.39 is 5.82 Å². The Kier molecular flexibility index (Phi) is 6.48. The van der Waals surface area contributed by atoms with Crippen molar-refractivity contribution < 1.29 is 9.13 Å². The lowest BCUT2D eigenvalue weighted by atomic mass is 9.97. The van der Waals surface area contributed by atoms with Crippen LogP contribution in [-0.2, 0) is 6.42 Å². The lowest BCUT2D eigenvalue weighted by Crippen LogP contribution is -2.39. The van der Waals surface area contributed by atoms with E-state index in [9.17, 15) is 0 Å². The Morgan fingerprint density at radius 3 is 2.85 bits per heavy atom. The van der Waals surface area contributed by atoms with Crippen molar-refractivity contribution in [3.8, 4) is 17.3 Å². The summed E-state index contributed by atoms with van der Waals surface area (Å²) < 4.78 is 22.6. The highest BCUT2D eigenvalue weighted by molar-refractivity contribution is 6.00. The summed E-state index contributed by atoms with van der Waals surface area (Å²) in [6.45, 7) is 5.14. The summed E-state index contributed by atoms with van der Waals surface area (Å²) in [6.07, 6.45) is 8.18. The minimum atomic E-state index is -0.455. The van der Waals surface area contributed by atoms with Crippen molar-refractivity contribution in [1.82, 2.24) is 25.3 Å². The molecule has 40 heavy (non-hydrogen) atoms. The molecule has 1 N–H and O–H groups in total. The number of aryl methyl sites for hydroxylation is 1. The van der Waals surface area contributed by atoms with Gasteiger partial charge in [0, 0.05) is 49.7 Å². The van der Waals surface area contributed by atoms with Crippen molar-refractivity contribution >= 4 is 27.5 Å². The average molecular weight is 535 g/mol. The van der Waals surface area contributed by atoms with Crippen LogP contribution in [0.2, 0.25) is 0 Å². The maximum Gasteiger partial charge on any atom is 0.319 e. The number of rotatable bonds is 6. The lowest BCUT2D eigenvalue weighted by Gasteiger charge is -2.27. The van der Waals surface area contributed by atoms with Gasteiger partial charge in [0.25, 0.3) is 0 Å². The average Bonchev–Trinajstić information content (AvgIpc) is 3.32. The van der Waals surface area contributed by atoms with Crippen molar-refractivity contribution in [2.24, 2.45) is 5.92 Å². The van der Waals surface area contributed by atoms with E-state index in [0.29, 0.717) is 36.2 Å². The zero-order chi connectivity index (χ0) is 27.1. The first-order chi connectivity index (χ1) is 19.6. The molecule has 0 aliphatic carbocycles. The number of benzene rings is 2. The van der Waals surface area contributed by atoms with Crippen LogP contribution in [0.25, 0.3) is 32.9 Å². The molecule has 0 saturated carbocycles. The molecule has 0 amide bonds. The SMILES string of the molecule is Cc1cccc2cccc(-c3ncc4c(N5CCC6CNC(C6)C5)nc(OCCc5cccnc5)nc4c3F)c12. The maximum atomic E-state index is 16.5. The Hall–Kier alpha value is -4.17. The molecular weight excluding hydrogens is 503 g/mol. The van der Waals surface area contributed by atoms with Crippen LogP contribution >= 0.6 is 0 Å². The minimum absolute atomic E-state index is 0.180. The molecule has 2 aliphatic heterocycles. The largest absolute Gasteiger partial charge is 0.463 e.